The summed E-state index contributed by atoms with van der Waals surface area (Å²) < 4.78 is 11.4. The van der Waals surface area contributed by atoms with Gasteiger partial charge in [0.15, 0.2) is 0 Å². The van der Waals surface area contributed by atoms with Gasteiger partial charge < -0.3 is 8.83 Å². The largest absolute Gasteiger partial charge is 0.466 e. The molecule has 3 N–H and O–H groups in total. The summed E-state index contributed by atoms with van der Waals surface area (Å²) in [5.74, 6) is 8.09. The number of rotatable bonds is 3. The van der Waals surface area contributed by atoms with Crippen LogP contribution in [0.15, 0.2) is 39.2 Å². The highest BCUT2D eigenvalue weighted by molar-refractivity contribution is 6.31. The molecule has 3 rings (SSSR count). The van der Waals surface area contributed by atoms with Crippen molar-refractivity contribution in [3.05, 3.63) is 58.2 Å². The van der Waals surface area contributed by atoms with Crippen molar-refractivity contribution in [2.24, 2.45) is 5.84 Å². The molecule has 0 aliphatic rings. The molecule has 0 amide bonds. The van der Waals surface area contributed by atoms with Gasteiger partial charge in [0.2, 0.25) is 0 Å². The number of aryl methyl sites for hydroxylation is 2. The number of hydrazine groups is 1. The zero-order valence-corrected chi connectivity index (χ0v) is 12.0. The molecule has 4 nitrogen and oxygen atoms in total. The Labute approximate surface area is 121 Å². The second-order valence-corrected chi connectivity index (χ2v) is 5.24. The van der Waals surface area contributed by atoms with E-state index < -0.39 is 0 Å². The van der Waals surface area contributed by atoms with Crippen LogP contribution < -0.4 is 11.3 Å². The maximum Gasteiger partial charge on any atom is 0.134 e. The van der Waals surface area contributed by atoms with Gasteiger partial charge in [0.1, 0.15) is 28.9 Å². The zero-order chi connectivity index (χ0) is 14.3. The number of benzene rings is 1. The van der Waals surface area contributed by atoms with E-state index in [1.807, 2.05) is 38.1 Å². The first-order valence-electron chi connectivity index (χ1n) is 6.30. The predicted molar refractivity (Wildman–Crippen MR) is 78.6 cm³/mol. The molecule has 1 atom stereocenters. The average molecular weight is 291 g/mol. The fourth-order valence-electron chi connectivity index (χ4n) is 2.44. The lowest BCUT2D eigenvalue weighted by molar-refractivity contribution is 0.461. The van der Waals surface area contributed by atoms with Crippen LogP contribution in [0.2, 0.25) is 5.02 Å². The molecule has 0 radical (unpaired) electrons. The van der Waals surface area contributed by atoms with Crippen LogP contribution in [-0.4, -0.2) is 0 Å². The molecule has 3 aromatic rings. The van der Waals surface area contributed by atoms with Crippen molar-refractivity contribution in [2.45, 2.75) is 19.9 Å². The molecular formula is C15H15ClN2O2. The molecule has 1 aromatic carbocycles. The van der Waals surface area contributed by atoms with E-state index in [0.717, 1.165) is 33.8 Å². The Morgan fingerprint density at radius 1 is 1.15 bits per heavy atom. The van der Waals surface area contributed by atoms with Crippen molar-refractivity contribution in [1.29, 1.82) is 0 Å². The van der Waals surface area contributed by atoms with E-state index in [2.05, 4.69) is 5.43 Å². The van der Waals surface area contributed by atoms with Crippen molar-refractivity contribution in [2.75, 3.05) is 0 Å². The third-order valence-corrected chi connectivity index (χ3v) is 3.57. The smallest absolute Gasteiger partial charge is 0.134 e. The highest BCUT2D eigenvalue weighted by atomic mass is 35.5. The monoisotopic (exact) mass is 290 g/mol. The number of hydrogen-bond donors (Lipinski definition) is 2. The van der Waals surface area contributed by atoms with Crippen LogP contribution in [0, 0.1) is 13.8 Å². The number of halogens is 1. The lowest BCUT2D eigenvalue weighted by atomic mass is 10.1. The third-order valence-electron chi connectivity index (χ3n) is 3.34. The van der Waals surface area contributed by atoms with Gasteiger partial charge in [-0.05, 0) is 44.2 Å². The molecule has 5 heteroatoms. The van der Waals surface area contributed by atoms with Crippen molar-refractivity contribution < 1.29 is 8.83 Å². The van der Waals surface area contributed by atoms with Crippen LogP contribution in [0.5, 0.6) is 0 Å². The van der Waals surface area contributed by atoms with Gasteiger partial charge in [-0.3, -0.25) is 5.84 Å². The van der Waals surface area contributed by atoms with Gasteiger partial charge in [0.25, 0.3) is 0 Å². The quantitative estimate of drug-likeness (QED) is 0.568. The molecule has 0 spiro atoms. The van der Waals surface area contributed by atoms with Gasteiger partial charge in [0.05, 0.1) is 0 Å². The molecule has 0 bridgehead atoms. The van der Waals surface area contributed by atoms with E-state index in [9.17, 15) is 0 Å². The van der Waals surface area contributed by atoms with Gasteiger partial charge in [-0.25, -0.2) is 5.43 Å². The first kappa shape index (κ1) is 13.2. The predicted octanol–water partition coefficient (Wildman–Crippen LogP) is 3.85. The van der Waals surface area contributed by atoms with Crippen molar-refractivity contribution in [3.8, 4) is 0 Å². The summed E-state index contributed by atoms with van der Waals surface area (Å²) in [6.45, 7) is 3.81. The first-order chi connectivity index (χ1) is 9.58. The number of fused-ring (bicyclic) bond motifs is 1. The van der Waals surface area contributed by atoms with E-state index in [1.54, 1.807) is 6.07 Å². The highest BCUT2D eigenvalue weighted by Crippen LogP contribution is 2.31. The summed E-state index contributed by atoms with van der Waals surface area (Å²) >= 11 is 5.99. The molecule has 20 heavy (non-hydrogen) atoms. The minimum atomic E-state index is -0.251. The molecule has 104 valence electrons. The van der Waals surface area contributed by atoms with Crippen LogP contribution in [0.1, 0.15) is 28.9 Å². The molecule has 1 unspecified atom stereocenters. The van der Waals surface area contributed by atoms with E-state index in [-0.39, 0.29) is 6.04 Å². The summed E-state index contributed by atoms with van der Waals surface area (Å²) in [7, 11) is 0. The topological polar surface area (TPSA) is 64.3 Å². The Balaban J connectivity index is 2.09. The normalized spacial score (nSPS) is 13.0. The Morgan fingerprint density at radius 2 is 1.95 bits per heavy atom. The number of hydrogen-bond acceptors (Lipinski definition) is 4. The van der Waals surface area contributed by atoms with Crippen molar-refractivity contribution in [3.63, 3.8) is 0 Å². The third kappa shape index (κ3) is 2.22. The maximum absolute atomic E-state index is 5.99. The second kappa shape index (κ2) is 4.98. The van der Waals surface area contributed by atoms with E-state index in [1.165, 1.54) is 0 Å². The summed E-state index contributed by atoms with van der Waals surface area (Å²) in [4.78, 5) is 0. The first-order valence-corrected chi connectivity index (χ1v) is 6.68. The Bertz CT molecular complexity index is 760. The standard InChI is InChI=1S/C15H15ClN2O2/c1-8-5-12(9(2)19-8)15(18-17)14-7-10-6-11(16)3-4-13(10)20-14/h3-7,15,18H,17H2,1-2H3. The van der Waals surface area contributed by atoms with Crippen LogP contribution in [0.3, 0.4) is 0 Å². The number of nitrogens with one attached hydrogen (secondary N) is 1. The molecule has 2 heterocycles. The van der Waals surface area contributed by atoms with Crippen LogP contribution in [0.25, 0.3) is 11.0 Å². The Kier molecular flexibility index (Phi) is 3.30. The Morgan fingerprint density at radius 3 is 2.60 bits per heavy atom. The second-order valence-electron chi connectivity index (χ2n) is 4.80. The molecule has 0 saturated carbocycles. The van der Waals surface area contributed by atoms with Gasteiger partial charge in [-0.1, -0.05) is 11.6 Å². The zero-order valence-electron chi connectivity index (χ0n) is 11.2. The van der Waals surface area contributed by atoms with Crippen molar-refractivity contribution >= 4 is 22.6 Å². The molecule has 2 aromatic heterocycles. The Hall–Kier alpha value is -1.75. The maximum atomic E-state index is 5.99. The molecular weight excluding hydrogens is 276 g/mol. The summed E-state index contributed by atoms with van der Waals surface area (Å²) in [6.07, 6.45) is 0. The lowest BCUT2D eigenvalue weighted by Gasteiger charge is -2.11. The molecule has 0 saturated heterocycles. The van der Waals surface area contributed by atoms with Crippen LogP contribution in [-0.2, 0) is 0 Å². The summed E-state index contributed by atoms with van der Waals surface area (Å²) in [6, 6.07) is 9.16. The van der Waals surface area contributed by atoms with Gasteiger partial charge in [-0.15, -0.1) is 0 Å². The minimum Gasteiger partial charge on any atom is -0.466 e. The number of furan rings is 2. The van der Waals surface area contributed by atoms with E-state index in [4.69, 9.17) is 26.3 Å². The van der Waals surface area contributed by atoms with Gasteiger partial charge >= 0.3 is 0 Å². The van der Waals surface area contributed by atoms with Gasteiger partial charge in [0, 0.05) is 16.0 Å². The minimum absolute atomic E-state index is 0.251. The van der Waals surface area contributed by atoms with E-state index in [0.29, 0.717) is 5.02 Å². The fourth-order valence-corrected chi connectivity index (χ4v) is 2.62. The van der Waals surface area contributed by atoms with Crippen LogP contribution >= 0.6 is 11.6 Å². The average Bonchev–Trinajstić information content (AvgIpc) is 2.94. The summed E-state index contributed by atoms with van der Waals surface area (Å²) in [5.41, 5.74) is 4.53. The summed E-state index contributed by atoms with van der Waals surface area (Å²) in [5, 5.41) is 1.63. The molecule has 0 fully saturated rings. The lowest BCUT2D eigenvalue weighted by Crippen LogP contribution is -2.28. The molecule has 0 aliphatic heterocycles. The number of nitrogens with two attached hydrogens (primary N) is 1. The van der Waals surface area contributed by atoms with Crippen molar-refractivity contribution in [1.82, 2.24) is 5.43 Å². The highest BCUT2D eigenvalue weighted by Gasteiger charge is 2.21. The molecule has 0 aliphatic carbocycles. The van der Waals surface area contributed by atoms with Gasteiger partial charge in [-0.2, -0.15) is 0 Å². The fraction of sp³-hybridized carbons (Fsp3) is 0.200. The SMILES string of the molecule is Cc1cc(C(NN)c2cc3cc(Cl)ccc3o2)c(C)o1. The van der Waals surface area contributed by atoms with E-state index >= 15 is 0 Å². The van der Waals surface area contributed by atoms with Crippen LogP contribution in [0.4, 0.5) is 0 Å².